The summed E-state index contributed by atoms with van der Waals surface area (Å²) in [6.45, 7) is 17.9. The molecule has 6 aromatic rings. The van der Waals surface area contributed by atoms with E-state index in [1.54, 1.807) is 6.07 Å². The third-order valence-corrected chi connectivity index (χ3v) is 9.78. The second-order valence-electron chi connectivity index (χ2n) is 14.8. The van der Waals surface area contributed by atoms with Gasteiger partial charge in [0.25, 0.3) is 0 Å². The molecular formula is C43H43N3O. The van der Waals surface area contributed by atoms with Gasteiger partial charge in [-0.05, 0) is 99.7 Å². The molecule has 1 aliphatic rings. The number of aromatic nitrogens is 2. The van der Waals surface area contributed by atoms with E-state index < -0.39 is 0 Å². The van der Waals surface area contributed by atoms with Crippen molar-refractivity contribution in [2.45, 2.75) is 72.1 Å². The number of phenolic OH excluding ortho intramolecular Hbond substituents is 1. The zero-order chi connectivity index (χ0) is 33.2. The fourth-order valence-corrected chi connectivity index (χ4v) is 7.23. The van der Waals surface area contributed by atoms with Crippen molar-refractivity contribution < 1.29 is 5.11 Å². The van der Waals surface area contributed by atoms with Crippen LogP contribution in [-0.4, -0.2) is 15.1 Å². The molecule has 7 rings (SSSR count). The number of para-hydroxylation sites is 1. The number of nitrogens with zero attached hydrogens (tertiary/aromatic N) is 3. The van der Waals surface area contributed by atoms with Crippen molar-refractivity contribution in [1.82, 2.24) is 9.97 Å². The molecule has 0 bridgehead atoms. The number of pyridine rings is 2. The Balaban J connectivity index is 1.56. The molecule has 0 radical (unpaired) electrons. The Bertz CT molecular complexity index is 2150. The highest BCUT2D eigenvalue weighted by atomic mass is 16.3. The zero-order valence-corrected chi connectivity index (χ0v) is 28.7. The van der Waals surface area contributed by atoms with Gasteiger partial charge >= 0.3 is 0 Å². The number of fused-ring (bicyclic) bond motifs is 3. The summed E-state index contributed by atoms with van der Waals surface area (Å²) in [6, 6.07) is 34.5. The second-order valence-corrected chi connectivity index (χ2v) is 14.8. The average molecular weight is 618 g/mol. The van der Waals surface area contributed by atoms with Gasteiger partial charge in [0.1, 0.15) is 17.1 Å². The van der Waals surface area contributed by atoms with Gasteiger partial charge in [0.2, 0.25) is 0 Å². The van der Waals surface area contributed by atoms with Crippen LogP contribution >= 0.6 is 0 Å². The topological polar surface area (TPSA) is 49.2 Å². The van der Waals surface area contributed by atoms with Crippen molar-refractivity contribution >= 4 is 28.1 Å². The van der Waals surface area contributed by atoms with Crippen LogP contribution in [0.1, 0.15) is 82.2 Å². The Hall–Kier alpha value is -4.96. The molecule has 0 saturated heterocycles. The molecule has 1 aliphatic heterocycles. The molecule has 2 aromatic heterocycles. The lowest BCUT2D eigenvalue weighted by atomic mass is 9.70. The van der Waals surface area contributed by atoms with E-state index in [9.17, 15) is 5.11 Å². The van der Waals surface area contributed by atoms with Crippen LogP contribution in [0.4, 0.5) is 17.2 Å². The molecule has 0 saturated carbocycles. The van der Waals surface area contributed by atoms with E-state index >= 15 is 0 Å². The number of anilines is 3. The first-order chi connectivity index (χ1) is 22.3. The van der Waals surface area contributed by atoms with Crippen LogP contribution in [0.2, 0.25) is 0 Å². The summed E-state index contributed by atoms with van der Waals surface area (Å²) in [7, 11) is 0. The SMILES string of the molecule is Cc1ccnc(N2c3ccccc3C(C)(C)c3c(-c4ccc(C(C)(C)C)cc4)cc(-c4ccc5c(C(C)C)ccc(O)c5n4)cc32)c1. The Morgan fingerprint density at radius 1 is 0.787 bits per heavy atom. The number of hydrogen-bond donors (Lipinski definition) is 1. The van der Waals surface area contributed by atoms with Crippen molar-refractivity contribution in [1.29, 1.82) is 0 Å². The maximum atomic E-state index is 11.0. The third kappa shape index (κ3) is 5.17. The summed E-state index contributed by atoms with van der Waals surface area (Å²) in [5, 5.41) is 12.0. The van der Waals surface area contributed by atoms with E-state index in [1.165, 1.54) is 22.3 Å². The van der Waals surface area contributed by atoms with Gasteiger partial charge in [-0.1, -0.05) is 103 Å². The number of benzene rings is 4. The fourth-order valence-electron chi connectivity index (χ4n) is 7.23. The van der Waals surface area contributed by atoms with Gasteiger partial charge in [-0.25, -0.2) is 9.97 Å². The van der Waals surface area contributed by atoms with Crippen molar-refractivity contribution in [2.24, 2.45) is 0 Å². The average Bonchev–Trinajstić information content (AvgIpc) is 3.04. The van der Waals surface area contributed by atoms with Crippen molar-refractivity contribution in [3.63, 3.8) is 0 Å². The standard InChI is InChI=1S/C43H43N3O/c1-26(2)31-18-20-38(47)41-32(31)17-19-35(45-41)29-24-33(28-13-15-30(16-14-28)42(4,5)6)40-37(25-29)46(39-23-27(3)21-22-44-39)36-12-10-9-11-34(36)43(40,7)8/h9-26,47H,1-8H3. The molecule has 236 valence electrons. The molecule has 0 unspecified atom stereocenters. The fraction of sp³-hybridized carbons (Fsp3) is 0.256. The summed E-state index contributed by atoms with van der Waals surface area (Å²) in [4.78, 5) is 12.3. The van der Waals surface area contributed by atoms with Gasteiger partial charge in [0.15, 0.2) is 0 Å². The summed E-state index contributed by atoms with van der Waals surface area (Å²) in [5.41, 5.74) is 12.9. The van der Waals surface area contributed by atoms with E-state index in [1.807, 2.05) is 18.3 Å². The first-order valence-electron chi connectivity index (χ1n) is 16.6. The van der Waals surface area contributed by atoms with Gasteiger partial charge in [0, 0.05) is 22.6 Å². The van der Waals surface area contributed by atoms with E-state index in [-0.39, 0.29) is 16.6 Å². The van der Waals surface area contributed by atoms with E-state index in [4.69, 9.17) is 9.97 Å². The van der Waals surface area contributed by atoms with Crippen molar-refractivity contribution in [3.8, 4) is 28.1 Å². The maximum Gasteiger partial charge on any atom is 0.141 e. The summed E-state index contributed by atoms with van der Waals surface area (Å²) >= 11 is 0. The molecular weight excluding hydrogens is 574 g/mol. The molecule has 1 N–H and O–H groups in total. The van der Waals surface area contributed by atoms with Crippen LogP contribution in [0.15, 0.2) is 103 Å². The maximum absolute atomic E-state index is 11.0. The first-order valence-corrected chi connectivity index (χ1v) is 16.6. The molecule has 0 aliphatic carbocycles. The normalized spacial score (nSPS) is 13.9. The smallest absolute Gasteiger partial charge is 0.141 e. The largest absolute Gasteiger partial charge is 0.506 e. The molecule has 0 atom stereocenters. The first kappa shape index (κ1) is 30.7. The van der Waals surface area contributed by atoms with Crippen LogP contribution < -0.4 is 4.90 Å². The van der Waals surface area contributed by atoms with Crippen LogP contribution in [0.5, 0.6) is 5.75 Å². The number of aromatic hydroxyl groups is 1. The molecule has 4 nitrogen and oxygen atoms in total. The Kier molecular flexibility index (Phi) is 7.24. The summed E-state index contributed by atoms with van der Waals surface area (Å²) < 4.78 is 0. The van der Waals surface area contributed by atoms with Crippen LogP contribution in [0.3, 0.4) is 0 Å². The third-order valence-electron chi connectivity index (χ3n) is 9.78. The number of phenols is 1. The summed E-state index contributed by atoms with van der Waals surface area (Å²) in [6.07, 6.45) is 1.89. The molecule has 4 aromatic carbocycles. The van der Waals surface area contributed by atoms with Gasteiger partial charge in [-0.2, -0.15) is 0 Å². The molecule has 3 heterocycles. The van der Waals surface area contributed by atoms with Gasteiger partial charge in [-0.15, -0.1) is 0 Å². The quantitative estimate of drug-likeness (QED) is 0.214. The minimum atomic E-state index is -0.302. The number of rotatable bonds is 4. The monoisotopic (exact) mass is 617 g/mol. The predicted octanol–water partition coefficient (Wildman–Crippen LogP) is 11.5. The molecule has 0 fully saturated rings. The highest BCUT2D eigenvalue weighted by Crippen LogP contribution is 2.55. The Morgan fingerprint density at radius 2 is 1.53 bits per heavy atom. The second kappa shape index (κ2) is 11.1. The minimum absolute atomic E-state index is 0.0531. The summed E-state index contributed by atoms with van der Waals surface area (Å²) in [5.74, 6) is 1.39. The number of hydrogen-bond acceptors (Lipinski definition) is 4. The lowest BCUT2D eigenvalue weighted by molar-refractivity contribution is 0.480. The number of aryl methyl sites for hydroxylation is 1. The molecule has 0 spiro atoms. The Labute approximate surface area is 278 Å². The zero-order valence-electron chi connectivity index (χ0n) is 28.7. The van der Waals surface area contributed by atoms with E-state index in [2.05, 4.69) is 139 Å². The Morgan fingerprint density at radius 3 is 2.23 bits per heavy atom. The highest BCUT2D eigenvalue weighted by molar-refractivity contribution is 5.94. The van der Waals surface area contributed by atoms with Crippen molar-refractivity contribution in [3.05, 3.63) is 131 Å². The lowest BCUT2D eigenvalue weighted by Gasteiger charge is -2.43. The predicted molar refractivity (Wildman–Crippen MR) is 196 cm³/mol. The lowest BCUT2D eigenvalue weighted by Crippen LogP contribution is -2.31. The van der Waals surface area contributed by atoms with Gasteiger partial charge < -0.3 is 5.11 Å². The molecule has 47 heavy (non-hydrogen) atoms. The van der Waals surface area contributed by atoms with E-state index in [0.717, 1.165) is 50.5 Å². The minimum Gasteiger partial charge on any atom is -0.506 e. The van der Waals surface area contributed by atoms with Gasteiger partial charge in [-0.3, -0.25) is 4.90 Å². The molecule has 0 amide bonds. The van der Waals surface area contributed by atoms with Crippen LogP contribution in [0, 0.1) is 6.92 Å². The highest BCUT2D eigenvalue weighted by Gasteiger charge is 2.39. The van der Waals surface area contributed by atoms with Crippen LogP contribution in [0.25, 0.3) is 33.3 Å². The molecule has 4 heteroatoms. The van der Waals surface area contributed by atoms with Gasteiger partial charge in [0.05, 0.1) is 17.1 Å². The van der Waals surface area contributed by atoms with Crippen LogP contribution in [-0.2, 0) is 10.8 Å². The van der Waals surface area contributed by atoms with E-state index in [0.29, 0.717) is 11.4 Å². The van der Waals surface area contributed by atoms with Crippen molar-refractivity contribution in [2.75, 3.05) is 4.90 Å².